The van der Waals surface area contributed by atoms with Crippen molar-refractivity contribution in [3.8, 4) is 0 Å². The van der Waals surface area contributed by atoms with E-state index in [0.29, 0.717) is 0 Å². The van der Waals surface area contributed by atoms with Crippen molar-refractivity contribution >= 4 is 28.9 Å². The lowest BCUT2D eigenvalue weighted by Gasteiger charge is -2.07. The SMILES string of the molecule is Cc1cscc1NC(=N)NC(=N)N. The van der Waals surface area contributed by atoms with Gasteiger partial charge in [-0.3, -0.25) is 16.1 Å². The predicted octanol–water partition coefficient (Wildman–Crippen LogP) is 0.886. The molecule has 1 heterocycles. The monoisotopic (exact) mass is 197 g/mol. The van der Waals surface area contributed by atoms with Crippen LogP contribution in [0.25, 0.3) is 0 Å². The Balaban J connectivity index is 2.55. The molecule has 6 heteroatoms. The van der Waals surface area contributed by atoms with Crippen LogP contribution in [0.1, 0.15) is 5.56 Å². The van der Waals surface area contributed by atoms with Crippen molar-refractivity contribution in [2.24, 2.45) is 5.73 Å². The van der Waals surface area contributed by atoms with Crippen LogP contribution in [0.5, 0.6) is 0 Å². The number of thiophene rings is 1. The number of anilines is 1. The van der Waals surface area contributed by atoms with Crippen molar-refractivity contribution in [1.82, 2.24) is 5.32 Å². The molecule has 70 valence electrons. The van der Waals surface area contributed by atoms with Gasteiger partial charge in [0, 0.05) is 5.38 Å². The first-order chi connectivity index (χ1) is 6.09. The minimum Gasteiger partial charge on any atom is -0.370 e. The van der Waals surface area contributed by atoms with Gasteiger partial charge in [0.1, 0.15) is 0 Å². The minimum absolute atomic E-state index is 0.00833. The molecule has 0 aliphatic rings. The van der Waals surface area contributed by atoms with Crippen molar-refractivity contribution in [3.63, 3.8) is 0 Å². The van der Waals surface area contributed by atoms with Crippen LogP contribution in [0.2, 0.25) is 0 Å². The molecule has 1 aromatic heterocycles. The van der Waals surface area contributed by atoms with E-state index >= 15 is 0 Å². The van der Waals surface area contributed by atoms with E-state index in [9.17, 15) is 0 Å². The Labute approximate surface area is 80.0 Å². The van der Waals surface area contributed by atoms with Gasteiger partial charge in [0.25, 0.3) is 0 Å². The Morgan fingerprint density at radius 1 is 1.46 bits per heavy atom. The Morgan fingerprint density at radius 2 is 2.15 bits per heavy atom. The van der Waals surface area contributed by atoms with E-state index in [-0.39, 0.29) is 11.9 Å². The lowest BCUT2D eigenvalue weighted by atomic mass is 10.3. The summed E-state index contributed by atoms with van der Waals surface area (Å²) in [6, 6.07) is 0. The molecular formula is C7H11N5S. The van der Waals surface area contributed by atoms with Crippen LogP contribution in [0.15, 0.2) is 10.8 Å². The normalized spacial score (nSPS) is 9.31. The highest BCUT2D eigenvalue weighted by Gasteiger charge is 2.01. The fourth-order valence-corrected chi connectivity index (χ4v) is 1.57. The zero-order chi connectivity index (χ0) is 9.84. The largest absolute Gasteiger partial charge is 0.370 e. The molecular weight excluding hydrogens is 186 g/mol. The van der Waals surface area contributed by atoms with Crippen molar-refractivity contribution < 1.29 is 0 Å². The van der Waals surface area contributed by atoms with Crippen LogP contribution in [0.4, 0.5) is 5.69 Å². The maximum Gasteiger partial charge on any atom is 0.199 e. The van der Waals surface area contributed by atoms with Gasteiger partial charge in [-0.15, -0.1) is 11.3 Å². The molecule has 0 unspecified atom stereocenters. The van der Waals surface area contributed by atoms with Gasteiger partial charge in [0.15, 0.2) is 11.9 Å². The summed E-state index contributed by atoms with van der Waals surface area (Å²) >= 11 is 1.56. The van der Waals surface area contributed by atoms with Crippen molar-refractivity contribution in [2.75, 3.05) is 5.32 Å². The Hall–Kier alpha value is -1.56. The second-order valence-electron chi connectivity index (χ2n) is 2.51. The first kappa shape index (κ1) is 9.53. The summed E-state index contributed by atoms with van der Waals surface area (Å²) in [6.45, 7) is 1.94. The average Bonchev–Trinajstić information content (AvgIpc) is 2.34. The first-order valence-electron chi connectivity index (χ1n) is 3.59. The van der Waals surface area contributed by atoms with E-state index in [4.69, 9.17) is 16.6 Å². The van der Waals surface area contributed by atoms with Crippen LogP contribution in [0.3, 0.4) is 0 Å². The molecule has 0 radical (unpaired) electrons. The molecule has 0 saturated carbocycles. The molecule has 1 aromatic rings. The van der Waals surface area contributed by atoms with Crippen LogP contribution in [0, 0.1) is 17.7 Å². The molecule has 13 heavy (non-hydrogen) atoms. The van der Waals surface area contributed by atoms with Gasteiger partial charge >= 0.3 is 0 Å². The van der Waals surface area contributed by atoms with Crippen LogP contribution < -0.4 is 16.4 Å². The lowest BCUT2D eigenvalue weighted by molar-refractivity contribution is 1.20. The minimum atomic E-state index is -0.245. The van der Waals surface area contributed by atoms with E-state index in [1.165, 1.54) is 0 Å². The summed E-state index contributed by atoms with van der Waals surface area (Å²) in [5.41, 5.74) is 6.99. The predicted molar refractivity (Wildman–Crippen MR) is 55.5 cm³/mol. The number of hydrogen-bond donors (Lipinski definition) is 5. The van der Waals surface area contributed by atoms with Gasteiger partial charge in [-0.2, -0.15) is 0 Å². The Morgan fingerprint density at radius 3 is 2.62 bits per heavy atom. The Bertz CT molecular complexity index is 329. The summed E-state index contributed by atoms with van der Waals surface area (Å²) in [5, 5.41) is 23.2. The zero-order valence-corrected chi connectivity index (χ0v) is 7.96. The molecule has 0 saturated heterocycles. The fourth-order valence-electron chi connectivity index (χ4n) is 0.789. The van der Waals surface area contributed by atoms with Gasteiger partial charge in [0.05, 0.1) is 5.69 Å². The summed E-state index contributed by atoms with van der Waals surface area (Å²) in [4.78, 5) is 0. The molecule has 0 fully saturated rings. The summed E-state index contributed by atoms with van der Waals surface area (Å²) in [6.07, 6.45) is 0. The number of rotatable bonds is 1. The summed E-state index contributed by atoms with van der Waals surface area (Å²) < 4.78 is 0. The molecule has 0 aliphatic carbocycles. The number of aryl methyl sites for hydroxylation is 1. The summed E-state index contributed by atoms with van der Waals surface area (Å²) in [7, 11) is 0. The highest BCUT2D eigenvalue weighted by molar-refractivity contribution is 7.08. The van der Waals surface area contributed by atoms with Crippen LogP contribution in [-0.2, 0) is 0 Å². The van der Waals surface area contributed by atoms with Crippen molar-refractivity contribution in [2.45, 2.75) is 6.92 Å². The number of hydrogen-bond acceptors (Lipinski definition) is 3. The standard InChI is InChI=1S/C7H11N5S/c1-4-2-13-3-5(4)11-7(10)12-6(8)9/h2-3H,1H3,(H6,8,9,10,11,12). The lowest BCUT2D eigenvalue weighted by Crippen LogP contribution is -2.39. The first-order valence-corrected chi connectivity index (χ1v) is 4.53. The van der Waals surface area contributed by atoms with E-state index in [2.05, 4.69) is 10.6 Å². The third-order valence-corrected chi connectivity index (χ3v) is 2.24. The van der Waals surface area contributed by atoms with Crippen LogP contribution in [-0.4, -0.2) is 11.9 Å². The molecule has 0 aliphatic heterocycles. The second-order valence-corrected chi connectivity index (χ2v) is 3.25. The van der Waals surface area contributed by atoms with E-state index < -0.39 is 0 Å². The molecule has 6 N–H and O–H groups in total. The second kappa shape index (κ2) is 3.90. The third-order valence-electron chi connectivity index (χ3n) is 1.37. The topological polar surface area (TPSA) is 97.8 Å². The van der Waals surface area contributed by atoms with Gasteiger partial charge in [0.2, 0.25) is 0 Å². The van der Waals surface area contributed by atoms with Gasteiger partial charge in [-0.1, -0.05) is 0 Å². The highest BCUT2D eigenvalue weighted by atomic mass is 32.1. The molecule has 0 spiro atoms. The van der Waals surface area contributed by atoms with Crippen molar-refractivity contribution in [1.29, 1.82) is 10.8 Å². The highest BCUT2D eigenvalue weighted by Crippen LogP contribution is 2.18. The maximum absolute atomic E-state index is 7.35. The molecule has 0 atom stereocenters. The van der Waals surface area contributed by atoms with E-state index in [1.54, 1.807) is 11.3 Å². The van der Waals surface area contributed by atoms with Gasteiger partial charge < -0.3 is 11.1 Å². The van der Waals surface area contributed by atoms with E-state index in [0.717, 1.165) is 11.3 Å². The molecule has 0 amide bonds. The Kier molecular flexibility index (Phi) is 2.86. The maximum atomic E-state index is 7.35. The molecule has 0 bridgehead atoms. The quantitative estimate of drug-likeness (QED) is 0.341. The molecule has 0 aromatic carbocycles. The number of guanidine groups is 2. The molecule has 5 nitrogen and oxygen atoms in total. The number of nitrogens with one attached hydrogen (secondary N) is 4. The summed E-state index contributed by atoms with van der Waals surface area (Å²) in [5.74, 6) is -0.237. The van der Waals surface area contributed by atoms with Gasteiger partial charge in [-0.05, 0) is 17.9 Å². The average molecular weight is 197 g/mol. The van der Waals surface area contributed by atoms with Crippen molar-refractivity contribution in [3.05, 3.63) is 16.3 Å². The number of nitrogens with two attached hydrogens (primary N) is 1. The van der Waals surface area contributed by atoms with Gasteiger partial charge in [-0.25, -0.2) is 0 Å². The smallest absolute Gasteiger partial charge is 0.199 e. The molecule has 1 rings (SSSR count). The van der Waals surface area contributed by atoms with E-state index in [1.807, 2.05) is 17.7 Å². The fraction of sp³-hybridized carbons (Fsp3) is 0.143. The third kappa shape index (κ3) is 2.75. The zero-order valence-electron chi connectivity index (χ0n) is 7.14. The van der Waals surface area contributed by atoms with Crippen LogP contribution >= 0.6 is 11.3 Å².